The van der Waals surface area contributed by atoms with Gasteiger partial charge in [0, 0.05) is 0 Å². The number of alkyl halides is 1. The summed E-state index contributed by atoms with van der Waals surface area (Å²) in [6.45, 7) is 4.09. The molecule has 3 fully saturated rings. The van der Waals surface area contributed by atoms with Gasteiger partial charge in [-0.2, -0.15) is 0 Å². The third-order valence-corrected chi connectivity index (χ3v) is 2.73. The smallest absolute Gasteiger partial charge is 0.190 e. The third kappa shape index (κ3) is 1.27. The van der Waals surface area contributed by atoms with Gasteiger partial charge in [0.05, 0.1) is 6.61 Å². The number of halogens is 1. The summed E-state index contributed by atoms with van der Waals surface area (Å²) in [5.74, 6) is -0.741. The van der Waals surface area contributed by atoms with E-state index in [1.807, 2.05) is 0 Å². The van der Waals surface area contributed by atoms with Crippen LogP contribution in [-0.4, -0.2) is 43.2 Å². The molecule has 5 heteroatoms. The van der Waals surface area contributed by atoms with Crippen LogP contribution in [0.4, 0.5) is 4.39 Å². The van der Waals surface area contributed by atoms with Crippen LogP contribution in [0.2, 0.25) is 0 Å². The quantitative estimate of drug-likeness (QED) is 0.586. The van der Waals surface area contributed by atoms with E-state index >= 15 is 0 Å². The predicted molar refractivity (Wildman–Crippen MR) is 43.3 cm³/mol. The monoisotopic (exact) mass is 204 g/mol. The van der Waals surface area contributed by atoms with Gasteiger partial charge in [0.2, 0.25) is 0 Å². The largest absolute Gasteiger partial charge is 0.370 e. The second kappa shape index (κ2) is 2.66. The average molecular weight is 204 g/mol. The van der Waals surface area contributed by atoms with E-state index in [2.05, 4.69) is 0 Å². The molecule has 80 valence electrons. The van der Waals surface area contributed by atoms with Crippen molar-refractivity contribution < 1.29 is 23.3 Å². The van der Waals surface area contributed by atoms with Crippen molar-refractivity contribution in [2.24, 2.45) is 0 Å². The van der Waals surface area contributed by atoms with Crippen molar-refractivity contribution in [3.63, 3.8) is 0 Å². The Morgan fingerprint density at radius 2 is 1.93 bits per heavy atom. The Kier molecular flexibility index (Phi) is 1.72. The van der Waals surface area contributed by atoms with E-state index in [1.165, 1.54) is 0 Å². The van der Waals surface area contributed by atoms with Crippen molar-refractivity contribution in [2.75, 3.05) is 6.61 Å². The van der Waals surface area contributed by atoms with Crippen LogP contribution in [0.3, 0.4) is 0 Å². The fourth-order valence-corrected chi connectivity index (χ4v) is 2.03. The number of fused-ring (bicyclic) bond motifs is 1. The number of hydrogen-bond acceptors (Lipinski definition) is 4. The zero-order chi connectivity index (χ0) is 9.92. The maximum Gasteiger partial charge on any atom is 0.190 e. The molecule has 0 amide bonds. The molecule has 4 nitrogen and oxygen atoms in total. The highest BCUT2D eigenvalue weighted by Crippen LogP contribution is 2.41. The maximum atomic E-state index is 13.8. The molecular weight excluding hydrogens is 191 g/mol. The van der Waals surface area contributed by atoms with E-state index in [0.29, 0.717) is 6.61 Å². The SMILES string of the molecule is CC1(C)OC2OC([C@H]3CO3)C(F)[C@H]2O1. The highest BCUT2D eigenvalue weighted by atomic mass is 19.1. The lowest BCUT2D eigenvalue weighted by molar-refractivity contribution is -0.212. The molecule has 5 atom stereocenters. The fourth-order valence-electron chi connectivity index (χ4n) is 2.03. The first-order chi connectivity index (χ1) is 6.57. The van der Waals surface area contributed by atoms with Crippen LogP contribution in [0.1, 0.15) is 13.8 Å². The highest BCUT2D eigenvalue weighted by molar-refractivity contribution is 4.99. The molecule has 0 aliphatic carbocycles. The Balaban J connectivity index is 1.74. The first-order valence-electron chi connectivity index (χ1n) is 4.84. The van der Waals surface area contributed by atoms with E-state index in [0.717, 1.165) is 0 Å². The van der Waals surface area contributed by atoms with Gasteiger partial charge in [-0.25, -0.2) is 4.39 Å². The average Bonchev–Trinajstić information content (AvgIpc) is 2.81. The number of hydrogen-bond donors (Lipinski definition) is 0. The molecule has 0 spiro atoms. The van der Waals surface area contributed by atoms with Crippen LogP contribution in [0.5, 0.6) is 0 Å². The molecule has 3 rings (SSSR count). The Morgan fingerprint density at radius 3 is 2.50 bits per heavy atom. The Bertz CT molecular complexity index is 251. The molecule has 0 aromatic carbocycles. The first-order valence-corrected chi connectivity index (χ1v) is 4.84. The van der Waals surface area contributed by atoms with Crippen molar-refractivity contribution in [1.29, 1.82) is 0 Å². The standard InChI is InChI=1S/C9H13FO4/c1-9(2)13-7-5(10)6(4-3-11-4)12-8(7)14-9/h4-8H,3H2,1-2H3/t4-,5?,6?,7-,8?/m1/s1. The van der Waals surface area contributed by atoms with Crippen molar-refractivity contribution in [2.45, 2.75) is 50.4 Å². The van der Waals surface area contributed by atoms with E-state index in [-0.39, 0.29) is 6.10 Å². The fraction of sp³-hybridized carbons (Fsp3) is 1.00. The molecule has 3 heterocycles. The van der Waals surface area contributed by atoms with Gasteiger partial charge in [0.25, 0.3) is 0 Å². The van der Waals surface area contributed by atoms with Crippen molar-refractivity contribution in [1.82, 2.24) is 0 Å². The van der Waals surface area contributed by atoms with Gasteiger partial charge in [0.1, 0.15) is 18.3 Å². The Morgan fingerprint density at radius 1 is 1.21 bits per heavy atom. The van der Waals surface area contributed by atoms with Crippen molar-refractivity contribution >= 4 is 0 Å². The molecule has 0 aromatic heterocycles. The molecule has 0 saturated carbocycles. The van der Waals surface area contributed by atoms with Crippen LogP contribution >= 0.6 is 0 Å². The first kappa shape index (κ1) is 9.03. The molecule has 3 saturated heterocycles. The minimum atomic E-state index is -1.14. The minimum Gasteiger partial charge on any atom is -0.370 e. The second-order valence-corrected chi connectivity index (χ2v) is 4.39. The predicted octanol–water partition coefficient (Wildman–Crippen LogP) is 0.600. The molecule has 0 radical (unpaired) electrons. The molecule has 3 aliphatic heterocycles. The molecule has 0 N–H and O–H groups in total. The Labute approximate surface area is 81.3 Å². The van der Waals surface area contributed by atoms with E-state index in [9.17, 15) is 4.39 Å². The van der Waals surface area contributed by atoms with Gasteiger partial charge < -0.3 is 18.9 Å². The van der Waals surface area contributed by atoms with Gasteiger partial charge in [-0.1, -0.05) is 0 Å². The zero-order valence-electron chi connectivity index (χ0n) is 8.10. The minimum absolute atomic E-state index is 0.106. The van der Waals surface area contributed by atoms with E-state index in [1.54, 1.807) is 13.8 Å². The van der Waals surface area contributed by atoms with Crippen LogP contribution in [-0.2, 0) is 18.9 Å². The molecule has 0 aromatic rings. The summed E-state index contributed by atoms with van der Waals surface area (Å²) in [6, 6.07) is 0. The highest BCUT2D eigenvalue weighted by Gasteiger charge is 2.59. The third-order valence-electron chi connectivity index (χ3n) is 2.73. The summed E-state index contributed by atoms with van der Waals surface area (Å²) >= 11 is 0. The molecule has 0 bridgehead atoms. The Hall–Kier alpha value is -0.230. The van der Waals surface area contributed by atoms with Crippen LogP contribution in [0.25, 0.3) is 0 Å². The zero-order valence-corrected chi connectivity index (χ0v) is 8.10. The van der Waals surface area contributed by atoms with Gasteiger partial charge in [0.15, 0.2) is 18.2 Å². The lowest BCUT2D eigenvalue weighted by Gasteiger charge is -2.21. The van der Waals surface area contributed by atoms with E-state index < -0.39 is 30.5 Å². The van der Waals surface area contributed by atoms with Crippen molar-refractivity contribution in [3.8, 4) is 0 Å². The number of rotatable bonds is 1. The second-order valence-electron chi connectivity index (χ2n) is 4.39. The summed E-state index contributed by atoms with van der Waals surface area (Å²) in [5, 5.41) is 0. The maximum absolute atomic E-state index is 13.8. The summed E-state index contributed by atoms with van der Waals surface area (Å²) < 4.78 is 35.0. The van der Waals surface area contributed by atoms with Gasteiger partial charge in [-0.3, -0.25) is 0 Å². The van der Waals surface area contributed by atoms with Crippen molar-refractivity contribution in [3.05, 3.63) is 0 Å². The normalized spacial score (nSPS) is 54.6. The van der Waals surface area contributed by atoms with Gasteiger partial charge in [-0.15, -0.1) is 0 Å². The number of epoxide rings is 1. The lowest BCUT2D eigenvalue weighted by Crippen LogP contribution is -2.34. The lowest BCUT2D eigenvalue weighted by atomic mass is 10.1. The summed E-state index contributed by atoms with van der Waals surface area (Å²) in [7, 11) is 0. The van der Waals surface area contributed by atoms with Gasteiger partial charge >= 0.3 is 0 Å². The summed E-state index contributed by atoms with van der Waals surface area (Å²) in [6.07, 6.45) is -2.94. The molecular formula is C9H13FO4. The molecule has 3 aliphatic rings. The van der Waals surface area contributed by atoms with Crippen LogP contribution in [0, 0.1) is 0 Å². The summed E-state index contributed by atoms with van der Waals surface area (Å²) in [4.78, 5) is 0. The summed E-state index contributed by atoms with van der Waals surface area (Å²) in [5.41, 5.74) is 0. The van der Waals surface area contributed by atoms with Crippen LogP contribution in [0.15, 0.2) is 0 Å². The topological polar surface area (TPSA) is 40.2 Å². The van der Waals surface area contributed by atoms with Gasteiger partial charge in [-0.05, 0) is 13.8 Å². The molecule has 14 heavy (non-hydrogen) atoms. The van der Waals surface area contributed by atoms with Crippen LogP contribution < -0.4 is 0 Å². The number of ether oxygens (including phenoxy) is 4. The molecule has 3 unspecified atom stereocenters. The van der Waals surface area contributed by atoms with E-state index in [4.69, 9.17) is 18.9 Å².